The Morgan fingerprint density at radius 1 is 1.23 bits per heavy atom. The largest absolute Gasteiger partial charge is 0.377 e. The van der Waals surface area contributed by atoms with Gasteiger partial charge < -0.3 is 9.88 Å². The average molecular weight is 304 g/mol. The molecule has 0 bridgehead atoms. The van der Waals surface area contributed by atoms with Gasteiger partial charge in [-0.15, -0.1) is 0 Å². The van der Waals surface area contributed by atoms with Gasteiger partial charge in [-0.05, 0) is 44.9 Å². The maximum absolute atomic E-state index is 13.1. The molecule has 1 fully saturated rings. The van der Waals surface area contributed by atoms with Crippen LogP contribution in [0, 0.1) is 25.5 Å². The Morgan fingerprint density at radius 3 is 2.59 bits per heavy atom. The zero-order valence-electron chi connectivity index (χ0n) is 12.6. The molecule has 1 saturated carbocycles. The van der Waals surface area contributed by atoms with Crippen molar-refractivity contribution in [1.82, 2.24) is 4.57 Å². The highest BCUT2D eigenvalue weighted by Crippen LogP contribution is 2.38. The first kappa shape index (κ1) is 14.8. The number of carbonyl (C=O) groups excluding carboxylic acids is 1. The van der Waals surface area contributed by atoms with E-state index in [2.05, 4.69) is 9.88 Å². The molecule has 5 heteroatoms. The van der Waals surface area contributed by atoms with Gasteiger partial charge in [0.1, 0.15) is 0 Å². The second-order valence-electron chi connectivity index (χ2n) is 5.79. The summed E-state index contributed by atoms with van der Waals surface area (Å²) in [6, 6.07) is 5.94. The SMILES string of the molecule is Cc1cc(C(=O)CNc2ccc(F)c(F)c2)c(C)n1C1CC1. The van der Waals surface area contributed by atoms with Crippen LogP contribution in [0.25, 0.3) is 0 Å². The summed E-state index contributed by atoms with van der Waals surface area (Å²) in [4.78, 5) is 12.4. The highest BCUT2D eigenvalue weighted by Gasteiger charge is 2.28. The van der Waals surface area contributed by atoms with Crippen molar-refractivity contribution in [3.8, 4) is 0 Å². The number of rotatable bonds is 5. The van der Waals surface area contributed by atoms with Crippen molar-refractivity contribution in [3.05, 3.63) is 52.9 Å². The summed E-state index contributed by atoms with van der Waals surface area (Å²) in [5.41, 5.74) is 3.16. The lowest BCUT2D eigenvalue weighted by atomic mass is 10.1. The Kier molecular flexibility index (Phi) is 3.72. The third kappa shape index (κ3) is 2.75. The lowest BCUT2D eigenvalue weighted by Gasteiger charge is -2.08. The molecule has 0 unspecified atom stereocenters. The van der Waals surface area contributed by atoms with Gasteiger partial charge in [-0.2, -0.15) is 0 Å². The van der Waals surface area contributed by atoms with E-state index in [-0.39, 0.29) is 12.3 Å². The van der Waals surface area contributed by atoms with Crippen LogP contribution in [0.1, 0.15) is 40.6 Å². The van der Waals surface area contributed by atoms with Crippen molar-refractivity contribution >= 4 is 11.5 Å². The van der Waals surface area contributed by atoms with E-state index in [9.17, 15) is 13.6 Å². The number of aromatic nitrogens is 1. The molecule has 0 spiro atoms. The molecule has 0 amide bonds. The van der Waals surface area contributed by atoms with Crippen LogP contribution in [0.3, 0.4) is 0 Å². The number of aryl methyl sites for hydroxylation is 1. The summed E-state index contributed by atoms with van der Waals surface area (Å²) in [6.45, 7) is 4.01. The molecule has 0 radical (unpaired) electrons. The van der Waals surface area contributed by atoms with Gasteiger partial charge in [0.15, 0.2) is 17.4 Å². The van der Waals surface area contributed by atoms with E-state index in [1.165, 1.54) is 6.07 Å². The molecule has 0 aliphatic heterocycles. The van der Waals surface area contributed by atoms with Crippen molar-refractivity contribution in [3.63, 3.8) is 0 Å². The third-order valence-corrected chi connectivity index (χ3v) is 4.07. The number of nitrogens with one attached hydrogen (secondary N) is 1. The van der Waals surface area contributed by atoms with Gasteiger partial charge in [0.05, 0.1) is 6.54 Å². The molecule has 1 aromatic heterocycles. The van der Waals surface area contributed by atoms with Crippen LogP contribution in [-0.4, -0.2) is 16.9 Å². The van der Waals surface area contributed by atoms with Gasteiger partial charge in [0.25, 0.3) is 0 Å². The van der Waals surface area contributed by atoms with Crippen molar-refractivity contribution in [2.75, 3.05) is 11.9 Å². The standard InChI is InChI=1S/C17H18F2N2O/c1-10-7-14(11(2)21(10)13-4-5-13)17(22)9-20-12-3-6-15(18)16(19)8-12/h3,6-8,13,20H,4-5,9H2,1-2H3. The Bertz CT molecular complexity index is 733. The minimum Gasteiger partial charge on any atom is -0.377 e. The summed E-state index contributed by atoms with van der Waals surface area (Å²) >= 11 is 0. The van der Waals surface area contributed by atoms with Crippen molar-refractivity contribution in [2.24, 2.45) is 0 Å². The molecule has 116 valence electrons. The lowest BCUT2D eigenvalue weighted by molar-refractivity contribution is 0.101. The number of hydrogen-bond acceptors (Lipinski definition) is 2. The minimum atomic E-state index is -0.927. The van der Waals surface area contributed by atoms with E-state index in [1.807, 2.05) is 19.9 Å². The fourth-order valence-electron chi connectivity index (χ4n) is 2.84. The van der Waals surface area contributed by atoms with Gasteiger partial charge in [-0.3, -0.25) is 4.79 Å². The molecular weight excluding hydrogens is 286 g/mol. The summed E-state index contributed by atoms with van der Waals surface area (Å²) in [5, 5.41) is 2.85. The van der Waals surface area contributed by atoms with Gasteiger partial charge in [-0.1, -0.05) is 0 Å². The summed E-state index contributed by atoms with van der Waals surface area (Å²) in [7, 11) is 0. The second kappa shape index (κ2) is 5.55. The highest BCUT2D eigenvalue weighted by atomic mass is 19.2. The number of ketones is 1. The topological polar surface area (TPSA) is 34.0 Å². The molecule has 2 aromatic rings. The normalized spacial score (nSPS) is 14.2. The van der Waals surface area contributed by atoms with Crippen molar-refractivity contribution < 1.29 is 13.6 Å². The first-order valence-corrected chi connectivity index (χ1v) is 7.38. The number of nitrogens with zero attached hydrogens (tertiary/aromatic N) is 1. The van der Waals surface area contributed by atoms with Crippen LogP contribution in [-0.2, 0) is 0 Å². The number of halogens is 2. The molecule has 3 nitrogen and oxygen atoms in total. The first-order chi connectivity index (χ1) is 10.5. The van der Waals surface area contributed by atoms with Gasteiger partial charge >= 0.3 is 0 Å². The minimum absolute atomic E-state index is 0.0512. The average Bonchev–Trinajstić information content (AvgIpc) is 3.26. The number of anilines is 1. The van der Waals surface area contributed by atoms with E-state index in [4.69, 9.17) is 0 Å². The Morgan fingerprint density at radius 2 is 1.95 bits per heavy atom. The second-order valence-corrected chi connectivity index (χ2v) is 5.79. The van der Waals surface area contributed by atoms with Gasteiger partial charge in [0, 0.05) is 34.7 Å². The summed E-state index contributed by atoms with van der Waals surface area (Å²) < 4.78 is 28.2. The van der Waals surface area contributed by atoms with Gasteiger partial charge in [-0.25, -0.2) is 8.78 Å². The van der Waals surface area contributed by atoms with E-state index < -0.39 is 11.6 Å². The number of hydrogen-bond donors (Lipinski definition) is 1. The molecule has 3 rings (SSSR count). The lowest BCUT2D eigenvalue weighted by Crippen LogP contribution is -2.15. The number of carbonyl (C=O) groups is 1. The number of benzene rings is 1. The molecule has 1 aliphatic carbocycles. The molecular formula is C17H18F2N2O. The predicted octanol–water partition coefficient (Wildman–Crippen LogP) is 4.01. The smallest absolute Gasteiger partial charge is 0.183 e. The zero-order valence-corrected chi connectivity index (χ0v) is 12.6. The van der Waals surface area contributed by atoms with Crippen molar-refractivity contribution in [1.29, 1.82) is 0 Å². The molecule has 1 N–H and O–H groups in total. The summed E-state index contributed by atoms with van der Waals surface area (Å²) in [6.07, 6.45) is 2.33. The maximum Gasteiger partial charge on any atom is 0.183 e. The van der Waals surface area contributed by atoms with Gasteiger partial charge in [0.2, 0.25) is 0 Å². The fourth-order valence-corrected chi connectivity index (χ4v) is 2.84. The third-order valence-electron chi connectivity index (χ3n) is 4.07. The van der Waals surface area contributed by atoms with E-state index in [0.717, 1.165) is 36.4 Å². The molecule has 1 heterocycles. The Balaban J connectivity index is 1.72. The molecule has 22 heavy (non-hydrogen) atoms. The van der Waals surface area contributed by atoms with Crippen LogP contribution in [0.15, 0.2) is 24.3 Å². The first-order valence-electron chi connectivity index (χ1n) is 7.38. The highest BCUT2D eigenvalue weighted by molar-refractivity contribution is 6.00. The molecule has 1 aromatic carbocycles. The predicted molar refractivity (Wildman–Crippen MR) is 81.4 cm³/mol. The van der Waals surface area contributed by atoms with Crippen LogP contribution in [0.4, 0.5) is 14.5 Å². The monoisotopic (exact) mass is 304 g/mol. The number of Topliss-reactive ketones (excluding diaryl/α,β-unsaturated/α-hetero) is 1. The molecule has 0 atom stereocenters. The zero-order chi connectivity index (χ0) is 15.9. The Labute approximate surface area is 127 Å². The summed E-state index contributed by atoms with van der Waals surface area (Å²) in [5.74, 6) is -1.88. The van der Waals surface area contributed by atoms with Crippen LogP contribution < -0.4 is 5.32 Å². The molecule has 1 aliphatic rings. The quantitative estimate of drug-likeness (QED) is 0.847. The van der Waals surface area contributed by atoms with Crippen molar-refractivity contribution in [2.45, 2.75) is 32.7 Å². The van der Waals surface area contributed by atoms with Crippen LogP contribution in [0.5, 0.6) is 0 Å². The van der Waals surface area contributed by atoms with E-state index in [0.29, 0.717) is 17.3 Å². The fraction of sp³-hybridized carbons (Fsp3) is 0.353. The van der Waals surface area contributed by atoms with E-state index >= 15 is 0 Å². The maximum atomic E-state index is 13.1. The van der Waals surface area contributed by atoms with Crippen LogP contribution >= 0.6 is 0 Å². The Hall–Kier alpha value is -2.17. The molecule has 0 saturated heterocycles. The van der Waals surface area contributed by atoms with E-state index in [1.54, 1.807) is 0 Å². The van der Waals surface area contributed by atoms with Crippen LogP contribution in [0.2, 0.25) is 0 Å².